The molecule has 0 aliphatic carbocycles. The maximum atomic E-state index is 13.6. The first-order chi connectivity index (χ1) is 13.5. The summed E-state index contributed by atoms with van der Waals surface area (Å²) in [5.41, 5.74) is 0.408. The molecule has 0 heterocycles. The molecule has 0 bridgehead atoms. The van der Waals surface area contributed by atoms with Gasteiger partial charge in [-0.05, 0) is 30.3 Å². The number of para-hydroxylation sites is 1. The van der Waals surface area contributed by atoms with Gasteiger partial charge in [0.15, 0.2) is 24.0 Å². The van der Waals surface area contributed by atoms with Gasteiger partial charge in [0.05, 0.1) is 26.2 Å². The smallest absolute Gasteiger partial charge is 0.308 e. The van der Waals surface area contributed by atoms with Crippen molar-refractivity contribution in [2.45, 2.75) is 6.42 Å². The van der Waals surface area contributed by atoms with Crippen molar-refractivity contribution in [1.29, 1.82) is 0 Å². The lowest BCUT2D eigenvalue weighted by Crippen LogP contribution is -2.27. The SMILES string of the molecule is COc1ccc(C(=O)COC(=O)CCNC(=O)c2ccccc2OC)cc1F. The second kappa shape index (κ2) is 10.1. The van der Waals surface area contributed by atoms with Crippen LogP contribution in [-0.2, 0) is 9.53 Å². The van der Waals surface area contributed by atoms with Gasteiger partial charge in [0.2, 0.25) is 0 Å². The van der Waals surface area contributed by atoms with Crippen LogP contribution in [0.25, 0.3) is 0 Å². The number of esters is 1. The molecule has 0 spiro atoms. The van der Waals surface area contributed by atoms with E-state index in [1.54, 1.807) is 24.3 Å². The minimum Gasteiger partial charge on any atom is -0.496 e. The second-order valence-corrected chi connectivity index (χ2v) is 5.64. The highest BCUT2D eigenvalue weighted by molar-refractivity contribution is 5.98. The standard InChI is InChI=1S/C20H20FNO6/c1-26-17-6-4-3-5-14(17)20(25)22-10-9-19(24)28-12-16(23)13-7-8-18(27-2)15(21)11-13/h3-8,11H,9-10,12H2,1-2H3,(H,22,25). The fraction of sp³-hybridized carbons (Fsp3) is 0.250. The molecule has 0 unspecified atom stereocenters. The van der Waals surface area contributed by atoms with E-state index in [1.807, 2.05) is 0 Å². The van der Waals surface area contributed by atoms with Crippen LogP contribution in [0.2, 0.25) is 0 Å². The summed E-state index contributed by atoms with van der Waals surface area (Å²) in [6.07, 6.45) is -0.120. The van der Waals surface area contributed by atoms with E-state index in [1.165, 1.54) is 26.4 Å². The second-order valence-electron chi connectivity index (χ2n) is 5.64. The van der Waals surface area contributed by atoms with Crippen LogP contribution < -0.4 is 14.8 Å². The molecule has 0 aliphatic heterocycles. The Morgan fingerprint density at radius 3 is 2.39 bits per heavy atom. The Morgan fingerprint density at radius 2 is 1.71 bits per heavy atom. The fourth-order valence-corrected chi connectivity index (χ4v) is 2.35. The van der Waals surface area contributed by atoms with Gasteiger partial charge in [-0.1, -0.05) is 12.1 Å². The molecule has 0 aromatic heterocycles. The van der Waals surface area contributed by atoms with Crippen LogP contribution in [0.1, 0.15) is 27.1 Å². The number of Topliss-reactive ketones (excluding diaryl/α,β-unsaturated/α-hetero) is 1. The molecule has 0 saturated carbocycles. The summed E-state index contributed by atoms with van der Waals surface area (Å²) >= 11 is 0. The zero-order valence-corrected chi connectivity index (χ0v) is 15.5. The molecule has 2 aromatic carbocycles. The summed E-state index contributed by atoms with van der Waals surface area (Å²) in [6, 6.07) is 10.4. The number of ketones is 1. The van der Waals surface area contributed by atoms with Crippen molar-refractivity contribution >= 4 is 17.7 Å². The quantitative estimate of drug-likeness (QED) is 0.523. The van der Waals surface area contributed by atoms with E-state index >= 15 is 0 Å². The molecule has 148 valence electrons. The predicted octanol–water partition coefficient (Wildman–Crippen LogP) is 2.39. The predicted molar refractivity (Wildman–Crippen MR) is 98.2 cm³/mol. The van der Waals surface area contributed by atoms with Gasteiger partial charge in [-0.25, -0.2) is 4.39 Å². The number of nitrogens with one attached hydrogen (secondary N) is 1. The Hall–Kier alpha value is -3.42. The average Bonchev–Trinajstić information content (AvgIpc) is 2.71. The van der Waals surface area contributed by atoms with E-state index in [9.17, 15) is 18.8 Å². The maximum absolute atomic E-state index is 13.6. The van der Waals surface area contributed by atoms with Gasteiger partial charge in [0.1, 0.15) is 5.75 Å². The van der Waals surface area contributed by atoms with Crippen molar-refractivity contribution in [1.82, 2.24) is 5.32 Å². The van der Waals surface area contributed by atoms with Crippen molar-refractivity contribution in [3.8, 4) is 11.5 Å². The largest absolute Gasteiger partial charge is 0.496 e. The van der Waals surface area contributed by atoms with Gasteiger partial charge < -0.3 is 19.5 Å². The third kappa shape index (κ3) is 5.54. The molecule has 2 rings (SSSR count). The highest BCUT2D eigenvalue weighted by Gasteiger charge is 2.14. The van der Waals surface area contributed by atoms with Gasteiger partial charge in [0, 0.05) is 12.1 Å². The molecule has 0 radical (unpaired) electrons. The number of amides is 1. The van der Waals surface area contributed by atoms with E-state index in [-0.39, 0.29) is 24.3 Å². The summed E-state index contributed by atoms with van der Waals surface area (Å²) in [4.78, 5) is 35.8. The van der Waals surface area contributed by atoms with Gasteiger partial charge >= 0.3 is 5.97 Å². The highest BCUT2D eigenvalue weighted by Crippen LogP contribution is 2.18. The summed E-state index contributed by atoms with van der Waals surface area (Å²) in [6.45, 7) is -0.494. The normalized spacial score (nSPS) is 10.1. The highest BCUT2D eigenvalue weighted by atomic mass is 19.1. The lowest BCUT2D eigenvalue weighted by atomic mass is 10.1. The molecule has 0 aliphatic rings. The van der Waals surface area contributed by atoms with Crippen molar-refractivity contribution in [3.05, 3.63) is 59.4 Å². The molecule has 1 amide bonds. The lowest BCUT2D eigenvalue weighted by Gasteiger charge is -2.09. The third-order valence-corrected chi connectivity index (χ3v) is 3.80. The summed E-state index contributed by atoms with van der Waals surface area (Å²) in [5, 5.41) is 2.58. The summed E-state index contributed by atoms with van der Waals surface area (Å²) < 4.78 is 28.4. The van der Waals surface area contributed by atoms with Gasteiger partial charge in [-0.3, -0.25) is 14.4 Å². The molecule has 2 aromatic rings. The van der Waals surface area contributed by atoms with Crippen LogP contribution in [0.15, 0.2) is 42.5 Å². The van der Waals surface area contributed by atoms with Crippen LogP contribution in [0.3, 0.4) is 0 Å². The molecule has 0 saturated heterocycles. The zero-order valence-electron chi connectivity index (χ0n) is 15.5. The fourth-order valence-electron chi connectivity index (χ4n) is 2.35. The van der Waals surface area contributed by atoms with Crippen LogP contribution in [0, 0.1) is 5.82 Å². The minimum atomic E-state index is -0.682. The number of carbonyl (C=O) groups excluding carboxylic acids is 3. The Kier molecular flexibility index (Phi) is 7.50. The van der Waals surface area contributed by atoms with E-state index in [4.69, 9.17) is 14.2 Å². The minimum absolute atomic E-state index is 0.0133. The van der Waals surface area contributed by atoms with Crippen LogP contribution in [-0.4, -0.2) is 45.0 Å². The first kappa shape index (κ1) is 20.9. The van der Waals surface area contributed by atoms with Crippen molar-refractivity contribution in [2.24, 2.45) is 0 Å². The van der Waals surface area contributed by atoms with Gasteiger partial charge in [0.25, 0.3) is 5.91 Å². The zero-order chi connectivity index (χ0) is 20.5. The molecule has 1 N–H and O–H groups in total. The van der Waals surface area contributed by atoms with Crippen molar-refractivity contribution in [3.63, 3.8) is 0 Å². The maximum Gasteiger partial charge on any atom is 0.308 e. The Labute approximate surface area is 161 Å². The number of ether oxygens (including phenoxy) is 3. The first-order valence-corrected chi connectivity index (χ1v) is 8.39. The Morgan fingerprint density at radius 1 is 1.00 bits per heavy atom. The number of benzene rings is 2. The number of carbonyl (C=O) groups is 3. The number of halogens is 1. The summed E-state index contributed by atoms with van der Waals surface area (Å²) in [5.74, 6) is -1.86. The first-order valence-electron chi connectivity index (χ1n) is 8.39. The van der Waals surface area contributed by atoms with Crippen LogP contribution in [0.4, 0.5) is 4.39 Å². The Balaban J connectivity index is 1.77. The molecule has 7 nitrogen and oxygen atoms in total. The number of rotatable bonds is 9. The van der Waals surface area contributed by atoms with E-state index < -0.39 is 30.1 Å². The van der Waals surface area contributed by atoms with Crippen LogP contribution in [0.5, 0.6) is 11.5 Å². The van der Waals surface area contributed by atoms with Crippen molar-refractivity contribution in [2.75, 3.05) is 27.4 Å². The van der Waals surface area contributed by atoms with Crippen molar-refractivity contribution < 1.29 is 33.0 Å². The lowest BCUT2D eigenvalue weighted by molar-refractivity contribution is -0.142. The molecule has 28 heavy (non-hydrogen) atoms. The Bertz CT molecular complexity index is 868. The summed E-state index contributed by atoms with van der Waals surface area (Å²) in [7, 11) is 2.77. The molecular weight excluding hydrogens is 369 g/mol. The average molecular weight is 389 g/mol. The molecule has 0 atom stereocenters. The van der Waals surface area contributed by atoms with E-state index in [2.05, 4.69) is 5.32 Å². The molecule has 0 fully saturated rings. The number of hydrogen-bond donors (Lipinski definition) is 1. The molecule has 8 heteroatoms. The monoisotopic (exact) mass is 389 g/mol. The van der Waals surface area contributed by atoms with Crippen LogP contribution >= 0.6 is 0 Å². The van der Waals surface area contributed by atoms with Gasteiger partial charge in [-0.15, -0.1) is 0 Å². The topological polar surface area (TPSA) is 90.9 Å². The van der Waals surface area contributed by atoms with E-state index in [0.29, 0.717) is 11.3 Å². The van der Waals surface area contributed by atoms with Gasteiger partial charge in [-0.2, -0.15) is 0 Å². The number of hydrogen-bond acceptors (Lipinski definition) is 6. The molecular formula is C20H20FNO6. The third-order valence-electron chi connectivity index (χ3n) is 3.80. The van der Waals surface area contributed by atoms with E-state index in [0.717, 1.165) is 6.07 Å². The number of methoxy groups -OCH3 is 2.